The quantitative estimate of drug-likeness (QED) is 0.911. The van der Waals surface area contributed by atoms with Crippen LogP contribution in [0.5, 0.6) is 0 Å². The van der Waals surface area contributed by atoms with Crippen LogP contribution < -0.4 is 5.32 Å². The Kier molecular flexibility index (Phi) is 3.08. The van der Waals surface area contributed by atoms with Gasteiger partial charge in [-0.1, -0.05) is 6.07 Å². The van der Waals surface area contributed by atoms with Crippen LogP contribution in [0.3, 0.4) is 0 Å². The Bertz CT molecular complexity index is 644. The van der Waals surface area contributed by atoms with Crippen LogP contribution in [-0.2, 0) is 12.8 Å². The van der Waals surface area contributed by atoms with E-state index < -0.39 is 0 Å². The molecule has 1 radical (unpaired) electrons. The number of halogens is 1. The van der Waals surface area contributed by atoms with E-state index in [1.807, 2.05) is 6.07 Å². The number of fused-ring (bicyclic) bond motifs is 1. The highest BCUT2D eigenvalue weighted by atomic mass is 32.1. The van der Waals surface area contributed by atoms with Gasteiger partial charge in [-0.2, -0.15) is 0 Å². The highest BCUT2D eigenvalue weighted by molar-refractivity contribution is 7.15. The van der Waals surface area contributed by atoms with E-state index in [0.717, 1.165) is 53.2 Å². The van der Waals surface area contributed by atoms with Crippen LogP contribution in [0.2, 0.25) is 0 Å². The van der Waals surface area contributed by atoms with Crippen molar-refractivity contribution in [1.82, 2.24) is 10.3 Å². The zero-order valence-corrected chi connectivity index (χ0v) is 12.0. The molecule has 1 aliphatic carbocycles. The molecule has 4 rings (SSSR count). The maximum atomic E-state index is 13.8. The first-order chi connectivity index (χ1) is 9.83. The van der Waals surface area contributed by atoms with Crippen molar-refractivity contribution in [3.8, 4) is 10.4 Å². The smallest absolute Gasteiger partial charge is 0.126 e. The summed E-state index contributed by atoms with van der Waals surface area (Å²) in [7, 11) is 0. The summed E-state index contributed by atoms with van der Waals surface area (Å²) >= 11 is 1.70. The number of benzene rings is 1. The van der Waals surface area contributed by atoms with Crippen LogP contribution >= 0.6 is 11.3 Å². The van der Waals surface area contributed by atoms with Gasteiger partial charge >= 0.3 is 0 Å². The third-order valence-corrected chi connectivity index (χ3v) is 5.41. The van der Waals surface area contributed by atoms with E-state index in [2.05, 4.69) is 16.5 Å². The van der Waals surface area contributed by atoms with E-state index in [4.69, 9.17) is 0 Å². The molecule has 1 atom stereocenters. The second-order valence-corrected chi connectivity index (χ2v) is 6.58. The van der Waals surface area contributed by atoms with Gasteiger partial charge in [0.05, 0.1) is 10.9 Å². The summed E-state index contributed by atoms with van der Waals surface area (Å²) in [6.45, 7) is 1.07. The number of hydrogen-bond donors (Lipinski definition) is 1. The van der Waals surface area contributed by atoms with Crippen molar-refractivity contribution in [1.29, 1.82) is 0 Å². The standard InChI is InChI=1S/C16H16FN2S/c17-13-7-6-12(10-3-1-4-11(10)13)15-9-19-16(20-15)14-5-2-8-18-14/h6-7,14,18H,1-5,8H2/t14-/m0/s1. The zero-order chi connectivity index (χ0) is 13.5. The lowest BCUT2D eigenvalue weighted by Gasteiger charge is -2.07. The largest absolute Gasteiger partial charge is 0.308 e. The molecule has 2 nitrogen and oxygen atoms in total. The fourth-order valence-corrected chi connectivity index (χ4v) is 4.33. The molecule has 1 N–H and O–H groups in total. The molecular weight excluding hydrogens is 271 g/mol. The van der Waals surface area contributed by atoms with Gasteiger partial charge in [-0.15, -0.1) is 11.3 Å². The summed E-state index contributed by atoms with van der Waals surface area (Å²) in [5.74, 6) is -0.0524. The van der Waals surface area contributed by atoms with E-state index in [0.29, 0.717) is 6.04 Å². The summed E-state index contributed by atoms with van der Waals surface area (Å²) in [4.78, 5) is 5.52. The van der Waals surface area contributed by atoms with Crippen LogP contribution in [0, 0.1) is 12.0 Å². The van der Waals surface area contributed by atoms with Gasteiger partial charge < -0.3 is 5.32 Å². The van der Waals surface area contributed by atoms with Gasteiger partial charge in [0.15, 0.2) is 0 Å². The first kappa shape index (κ1) is 12.5. The Hall–Kier alpha value is -1.26. The highest BCUT2D eigenvalue weighted by Crippen LogP contribution is 2.38. The Balaban J connectivity index is 1.73. The van der Waals surface area contributed by atoms with Crippen LogP contribution in [0.25, 0.3) is 10.4 Å². The Morgan fingerprint density at radius 2 is 2.15 bits per heavy atom. The van der Waals surface area contributed by atoms with Gasteiger partial charge in [0.2, 0.25) is 0 Å². The van der Waals surface area contributed by atoms with Gasteiger partial charge in [0.1, 0.15) is 17.0 Å². The average Bonchev–Trinajstić information content (AvgIpc) is 3.20. The maximum absolute atomic E-state index is 13.8. The Labute approximate surface area is 122 Å². The predicted octanol–water partition coefficient (Wildman–Crippen LogP) is 3.66. The maximum Gasteiger partial charge on any atom is 0.126 e. The summed E-state index contributed by atoms with van der Waals surface area (Å²) in [6, 6.07) is 3.88. The Morgan fingerprint density at radius 1 is 1.25 bits per heavy atom. The second kappa shape index (κ2) is 4.93. The topological polar surface area (TPSA) is 24.9 Å². The number of aromatic nitrogens is 1. The fraction of sp³-hybridized carbons (Fsp3) is 0.438. The fourth-order valence-electron chi connectivity index (χ4n) is 3.29. The third kappa shape index (κ3) is 1.98. The Morgan fingerprint density at radius 3 is 3.00 bits per heavy atom. The molecular formula is C16H16FN2S. The lowest BCUT2D eigenvalue weighted by molar-refractivity contribution is 0.613. The number of thiazole rings is 1. The zero-order valence-electron chi connectivity index (χ0n) is 11.2. The lowest BCUT2D eigenvalue weighted by atomic mass is 10.0. The van der Waals surface area contributed by atoms with E-state index in [9.17, 15) is 4.39 Å². The first-order valence-electron chi connectivity index (χ1n) is 7.25. The number of nitrogens with one attached hydrogen (secondary N) is 1. The molecule has 1 saturated heterocycles. The van der Waals surface area contributed by atoms with Crippen molar-refractivity contribution in [3.63, 3.8) is 0 Å². The molecule has 1 aliphatic heterocycles. The van der Waals surface area contributed by atoms with Crippen LogP contribution in [0.1, 0.15) is 41.4 Å². The van der Waals surface area contributed by atoms with Gasteiger partial charge in [-0.3, -0.25) is 0 Å². The highest BCUT2D eigenvalue weighted by Gasteiger charge is 2.23. The molecule has 1 fully saturated rings. The molecule has 20 heavy (non-hydrogen) atoms. The van der Waals surface area contributed by atoms with E-state index >= 15 is 0 Å². The molecule has 0 unspecified atom stereocenters. The molecule has 0 saturated carbocycles. The molecule has 4 heteroatoms. The second-order valence-electron chi connectivity index (χ2n) is 5.55. The van der Waals surface area contributed by atoms with Crippen molar-refractivity contribution in [2.45, 2.75) is 38.1 Å². The van der Waals surface area contributed by atoms with Crippen molar-refractivity contribution in [3.05, 3.63) is 40.3 Å². The van der Waals surface area contributed by atoms with Gasteiger partial charge in [-0.25, -0.2) is 9.37 Å². The van der Waals surface area contributed by atoms with Gasteiger partial charge in [0, 0.05) is 0 Å². The van der Waals surface area contributed by atoms with Crippen molar-refractivity contribution >= 4 is 11.3 Å². The summed E-state index contributed by atoms with van der Waals surface area (Å²) in [5.41, 5.74) is 3.22. The van der Waals surface area contributed by atoms with Crippen molar-refractivity contribution in [2.75, 3.05) is 6.54 Å². The van der Waals surface area contributed by atoms with Crippen LogP contribution in [0.15, 0.2) is 12.1 Å². The third-order valence-electron chi connectivity index (χ3n) is 4.30. The molecule has 1 aromatic heterocycles. The number of nitrogens with zero attached hydrogens (tertiary/aromatic N) is 1. The molecule has 2 aromatic rings. The van der Waals surface area contributed by atoms with Gasteiger partial charge in [0.25, 0.3) is 0 Å². The molecule has 1 aromatic carbocycles. The van der Waals surface area contributed by atoms with E-state index in [1.165, 1.54) is 12.0 Å². The first-order valence-corrected chi connectivity index (χ1v) is 8.07. The van der Waals surface area contributed by atoms with Crippen LogP contribution in [-0.4, -0.2) is 11.5 Å². The number of rotatable bonds is 2. The van der Waals surface area contributed by atoms with Gasteiger partial charge in [-0.05, 0) is 61.4 Å². The molecule has 103 valence electrons. The van der Waals surface area contributed by atoms with Crippen molar-refractivity contribution < 1.29 is 4.39 Å². The monoisotopic (exact) mass is 287 g/mol. The minimum absolute atomic E-state index is 0.0524. The number of hydrogen-bond acceptors (Lipinski definition) is 3. The SMILES string of the molecule is Fc1ccc(-c2[c]nc([C@@H]3CCCN3)s2)c2c1CCC2. The molecule has 2 heterocycles. The summed E-state index contributed by atoms with van der Waals surface area (Å²) in [6.07, 6.45) is 8.42. The molecule has 0 spiro atoms. The normalized spacial score (nSPS) is 21.4. The molecule has 2 aliphatic rings. The van der Waals surface area contributed by atoms with E-state index in [-0.39, 0.29) is 5.82 Å². The molecule has 0 bridgehead atoms. The average molecular weight is 287 g/mol. The lowest BCUT2D eigenvalue weighted by Crippen LogP contribution is -2.12. The summed E-state index contributed by atoms with van der Waals surface area (Å²) < 4.78 is 13.8. The van der Waals surface area contributed by atoms with Crippen LogP contribution in [0.4, 0.5) is 4.39 Å². The summed E-state index contributed by atoms with van der Waals surface area (Å²) in [5, 5.41) is 4.59. The van der Waals surface area contributed by atoms with Crippen molar-refractivity contribution in [2.24, 2.45) is 0 Å². The minimum atomic E-state index is -0.0524. The van der Waals surface area contributed by atoms with E-state index in [1.54, 1.807) is 17.4 Å². The predicted molar refractivity (Wildman–Crippen MR) is 78.3 cm³/mol. The minimum Gasteiger partial charge on any atom is -0.308 e. The molecule has 0 amide bonds.